The highest BCUT2D eigenvalue weighted by Crippen LogP contribution is 2.49. The van der Waals surface area contributed by atoms with E-state index in [9.17, 15) is 5.11 Å². The van der Waals surface area contributed by atoms with E-state index in [1.54, 1.807) is 0 Å². The molecule has 1 aliphatic rings. The Morgan fingerprint density at radius 2 is 1.93 bits per heavy atom. The van der Waals surface area contributed by atoms with Crippen molar-refractivity contribution in [2.45, 2.75) is 58.9 Å². The minimum atomic E-state index is -0.176. The van der Waals surface area contributed by atoms with Crippen molar-refractivity contribution in [3.63, 3.8) is 0 Å². The van der Waals surface area contributed by atoms with Crippen LogP contribution in [0.25, 0.3) is 0 Å². The van der Waals surface area contributed by atoms with Crippen molar-refractivity contribution < 1.29 is 5.11 Å². The van der Waals surface area contributed by atoms with Gasteiger partial charge in [-0.3, -0.25) is 0 Å². The molecule has 0 radical (unpaired) electrons. The Hall–Kier alpha value is -0.0800. The van der Waals surface area contributed by atoms with Gasteiger partial charge in [0.15, 0.2) is 0 Å². The van der Waals surface area contributed by atoms with Crippen LogP contribution < -0.4 is 5.73 Å². The Labute approximate surface area is 94.2 Å². The van der Waals surface area contributed by atoms with Crippen LogP contribution in [0.5, 0.6) is 0 Å². The van der Waals surface area contributed by atoms with Gasteiger partial charge >= 0.3 is 0 Å². The normalized spacial score (nSPS) is 38.0. The molecule has 0 aromatic rings. The van der Waals surface area contributed by atoms with Gasteiger partial charge in [-0.2, -0.15) is 0 Å². The van der Waals surface area contributed by atoms with Crippen molar-refractivity contribution in [2.75, 3.05) is 6.61 Å². The summed E-state index contributed by atoms with van der Waals surface area (Å²) in [5.74, 6) is 1.53. The first-order valence-corrected chi connectivity index (χ1v) is 6.22. The van der Waals surface area contributed by atoms with Crippen LogP contribution in [0.4, 0.5) is 0 Å². The molecule has 0 aromatic heterocycles. The van der Waals surface area contributed by atoms with Gasteiger partial charge < -0.3 is 10.8 Å². The lowest BCUT2D eigenvalue weighted by atomic mass is 9.57. The molecule has 90 valence electrons. The SMILES string of the molecule is CC1CCC(CCO)(C(C)(C)N)CC1C. The predicted octanol–water partition coefficient (Wildman–Crippen LogP) is 2.55. The van der Waals surface area contributed by atoms with Gasteiger partial charge in [0, 0.05) is 12.1 Å². The monoisotopic (exact) mass is 213 g/mol. The van der Waals surface area contributed by atoms with E-state index in [0.717, 1.165) is 24.7 Å². The van der Waals surface area contributed by atoms with Crippen LogP contribution in [-0.4, -0.2) is 17.3 Å². The lowest BCUT2D eigenvalue weighted by Gasteiger charge is -2.51. The molecule has 0 amide bonds. The van der Waals surface area contributed by atoms with Crippen LogP contribution in [0.15, 0.2) is 0 Å². The molecule has 0 saturated heterocycles. The van der Waals surface area contributed by atoms with E-state index >= 15 is 0 Å². The van der Waals surface area contributed by atoms with Gasteiger partial charge in [-0.15, -0.1) is 0 Å². The van der Waals surface area contributed by atoms with E-state index in [1.165, 1.54) is 12.8 Å². The highest BCUT2D eigenvalue weighted by molar-refractivity contribution is 5.00. The summed E-state index contributed by atoms with van der Waals surface area (Å²) in [5, 5.41) is 9.24. The maximum Gasteiger partial charge on any atom is 0.0437 e. The van der Waals surface area contributed by atoms with Crippen LogP contribution in [0.1, 0.15) is 53.4 Å². The van der Waals surface area contributed by atoms with E-state index in [2.05, 4.69) is 27.7 Å². The van der Waals surface area contributed by atoms with E-state index in [-0.39, 0.29) is 17.6 Å². The highest BCUT2D eigenvalue weighted by atomic mass is 16.3. The van der Waals surface area contributed by atoms with E-state index < -0.39 is 0 Å². The first kappa shape index (κ1) is 13.0. The molecule has 1 fully saturated rings. The molecular formula is C13H27NO. The summed E-state index contributed by atoms with van der Waals surface area (Å²) in [6.07, 6.45) is 4.44. The molecule has 0 bridgehead atoms. The van der Waals surface area contributed by atoms with Crippen LogP contribution in [0.2, 0.25) is 0 Å². The summed E-state index contributed by atoms with van der Waals surface area (Å²) >= 11 is 0. The second-order valence-electron chi connectivity index (χ2n) is 6.17. The van der Waals surface area contributed by atoms with Crippen molar-refractivity contribution in [3.8, 4) is 0 Å². The average molecular weight is 213 g/mol. The van der Waals surface area contributed by atoms with Crippen molar-refractivity contribution in [2.24, 2.45) is 23.0 Å². The quantitative estimate of drug-likeness (QED) is 0.757. The van der Waals surface area contributed by atoms with Gasteiger partial charge in [0.1, 0.15) is 0 Å². The molecule has 3 N–H and O–H groups in total. The predicted molar refractivity (Wildman–Crippen MR) is 64.6 cm³/mol. The van der Waals surface area contributed by atoms with Gasteiger partial charge in [-0.1, -0.05) is 13.8 Å². The number of nitrogens with two attached hydrogens (primary N) is 1. The standard InChI is InChI=1S/C13H27NO/c1-10-5-6-13(7-8-15,9-11(10)2)12(3,4)14/h10-11,15H,5-9,14H2,1-4H3. The molecule has 0 aromatic carbocycles. The average Bonchev–Trinajstić information content (AvgIpc) is 2.10. The molecule has 1 aliphatic carbocycles. The number of aliphatic hydroxyl groups is 1. The zero-order valence-electron chi connectivity index (χ0n) is 10.7. The second-order valence-corrected chi connectivity index (χ2v) is 6.17. The Bertz CT molecular complexity index is 209. The summed E-state index contributed by atoms with van der Waals surface area (Å²) < 4.78 is 0. The zero-order chi connectivity index (χ0) is 11.7. The Balaban J connectivity index is 2.84. The second kappa shape index (κ2) is 4.42. The van der Waals surface area contributed by atoms with Gasteiger partial charge in [0.05, 0.1) is 0 Å². The fourth-order valence-electron chi connectivity index (χ4n) is 3.06. The van der Waals surface area contributed by atoms with Crippen molar-refractivity contribution in [1.82, 2.24) is 0 Å². The smallest absolute Gasteiger partial charge is 0.0437 e. The van der Waals surface area contributed by atoms with Gasteiger partial charge in [-0.05, 0) is 56.8 Å². The third-order valence-electron chi connectivity index (χ3n) is 4.72. The Morgan fingerprint density at radius 1 is 1.33 bits per heavy atom. The lowest BCUT2D eigenvalue weighted by Crippen LogP contribution is -2.54. The highest BCUT2D eigenvalue weighted by Gasteiger charge is 2.45. The first-order valence-electron chi connectivity index (χ1n) is 6.22. The van der Waals surface area contributed by atoms with Crippen LogP contribution in [0, 0.1) is 17.3 Å². The summed E-state index contributed by atoms with van der Waals surface area (Å²) in [6.45, 7) is 9.15. The molecule has 1 saturated carbocycles. The van der Waals surface area contributed by atoms with Gasteiger partial charge in [0.2, 0.25) is 0 Å². The summed E-state index contributed by atoms with van der Waals surface area (Å²) in [7, 11) is 0. The third kappa shape index (κ3) is 2.54. The minimum absolute atomic E-state index is 0.147. The maximum atomic E-state index is 9.24. The van der Waals surface area contributed by atoms with E-state index in [0.29, 0.717) is 0 Å². The largest absolute Gasteiger partial charge is 0.396 e. The molecule has 0 heterocycles. The Morgan fingerprint density at radius 3 is 2.33 bits per heavy atom. The molecule has 0 aliphatic heterocycles. The first-order chi connectivity index (χ1) is 6.82. The number of rotatable bonds is 3. The van der Waals surface area contributed by atoms with Crippen LogP contribution in [0.3, 0.4) is 0 Å². The van der Waals surface area contributed by atoms with Gasteiger partial charge in [-0.25, -0.2) is 0 Å². The number of aliphatic hydroxyl groups excluding tert-OH is 1. The van der Waals surface area contributed by atoms with Crippen LogP contribution in [-0.2, 0) is 0 Å². The summed E-state index contributed by atoms with van der Waals surface area (Å²) in [4.78, 5) is 0. The molecule has 3 atom stereocenters. The van der Waals surface area contributed by atoms with Crippen molar-refractivity contribution in [1.29, 1.82) is 0 Å². The molecule has 3 unspecified atom stereocenters. The summed E-state index contributed by atoms with van der Waals surface area (Å²) in [6, 6.07) is 0. The van der Waals surface area contributed by atoms with Gasteiger partial charge in [0.25, 0.3) is 0 Å². The third-order valence-corrected chi connectivity index (χ3v) is 4.72. The van der Waals surface area contributed by atoms with E-state index in [1.807, 2.05) is 0 Å². The topological polar surface area (TPSA) is 46.2 Å². The molecule has 15 heavy (non-hydrogen) atoms. The fraction of sp³-hybridized carbons (Fsp3) is 1.00. The molecule has 0 spiro atoms. The fourth-order valence-corrected chi connectivity index (χ4v) is 3.06. The van der Waals surface area contributed by atoms with Crippen molar-refractivity contribution in [3.05, 3.63) is 0 Å². The number of hydrogen-bond donors (Lipinski definition) is 2. The van der Waals surface area contributed by atoms with E-state index in [4.69, 9.17) is 5.73 Å². The molecular weight excluding hydrogens is 186 g/mol. The number of hydrogen-bond acceptors (Lipinski definition) is 2. The van der Waals surface area contributed by atoms with Crippen LogP contribution >= 0.6 is 0 Å². The molecule has 2 heteroatoms. The Kier molecular flexibility index (Phi) is 3.83. The van der Waals surface area contributed by atoms with Crippen molar-refractivity contribution >= 4 is 0 Å². The minimum Gasteiger partial charge on any atom is -0.396 e. The molecule has 2 nitrogen and oxygen atoms in total. The maximum absolute atomic E-state index is 9.24. The lowest BCUT2D eigenvalue weighted by molar-refractivity contribution is 0.0147. The zero-order valence-corrected chi connectivity index (χ0v) is 10.7. The molecule has 1 rings (SSSR count). The summed E-state index contributed by atoms with van der Waals surface area (Å²) in [5.41, 5.74) is 6.30.